The number of rotatable bonds is 5. The van der Waals surface area contributed by atoms with Crippen molar-refractivity contribution in [2.24, 2.45) is 5.92 Å². The number of methoxy groups -OCH3 is 1. The van der Waals surface area contributed by atoms with Gasteiger partial charge in [-0.25, -0.2) is 8.78 Å². The van der Waals surface area contributed by atoms with Crippen molar-refractivity contribution in [1.82, 2.24) is 0 Å². The minimum absolute atomic E-state index is 0.00138. The highest BCUT2D eigenvalue weighted by molar-refractivity contribution is 5.42. The molecule has 17 heavy (non-hydrogen) atoms. The van der Waals surface area contributed by atoms with Gasteiger partial charge in [0.1, 0.15) is 0 Å². The van der Waals surface area contributed by atoms with E-state index in [1.165, 1.54) is 0 Å². The van der Waals surface area contributed by atoms with E-state index in [0.717, 1.165) is 5.56 Å². The Kier molecular flexibility index (Phi) is 3.22. The molecule has 4 heteroatoms. The van der Waals surface area contributed by atoms with Gasteiger partial charge in [0, 0.05) is 12.3 Å². The maximum absolute atomic E-state index is 12.6. The number of aryl methyl sites for hydroxylation is 1. The van der Waals surface area contributed by atoms with Crippen LogP contribution in [0, 0.1) is 12.8 Å². The molecule has 2 rings (SSSR count). The molecule has 2 nitrogen and oxygen atoms in total. The zero-order valence-corrected chi connectivity index (χ0v) is 10.0. The minimum atomic E-state index is -2.46. The van der Waals surface area contributed by atoms with Crippen molar-refractivity contribution in [3.8, 4) is 11.5 Å². The van der Waals surface area contributed by atoms with Crippen molar-refractivity contribution in [3.63, 3.8) is 0 Å². The summed E-state index contributed by atoms with van der Waals surface area (Å²) in [6.07, 6.45) is 0.394. The molecule has 0 spiro atoms. The summed E-state index contributed by atoms with van der Waals surface area (Å²) in [6, 6.07) is 5.57. The Morgan fingerprint density at radius 2 is 2.06 bits per heavy atom. The van der Waals surface area contributed by atoms with Crippen LogP contribution in [0.25, 0.3) is 0 Å². The monoisotopic (exact) mass is 242 g/mol. The van der Waals surface area contributed by atoms with Gasteiger partial charge in [-0.05, 0) is 31.0 Å². The molecule has 1 aromatic carbocycles. The minimum Gasteiger partial charge on any atom is -0.493 e. The van der Waals surface area contributed by atoms with Gasteiger partial charge in [-0.1, -0.05) is 6.07 Å². The van der Waals surface area contributed by atoms with Gasteiger partial charge in [0.25, 0.3) is 5.92 Å². The molecule has 1 aliphatic rings. The smallest absolute Gasteiger partial charge is 0.251 e. The fourth-order valence-corrected chi connectivity index (χ4v) is 1.79. The first-order valence-electron chi connectivity index (χ1n) is 5.68. The zero-order chi connectivity index (χ0) is 12.5. The summed E-state index contributed by atoms with van der Waals surface area (Å²) in [7, 11) is 1.57. The van der Waals surface area contributed by atoms with Gasteiger partial charge >= 0.3 is 0 Å². The highest BCUT2D eigenvalue weighted by Crippen LogP contribution is 2.50. The Morgan fingerprint density at radius 3 is 2.65 bits per heavy atom. The summed E-state index contributed by atoms with van der Waals surface area (Å²) in [6.45, 7) is 2.26. The maximum Gasteiger partial charge on any atom is 0.251 e. The van der Waals surface area contributed by atoms with Crippen LogP contribution in [-0.2, 0) is 0 Å². The average molecular weight is 242 g/mol. The molecule has 1 atom stereocenters. The third-order valence-corrected chi connectivity index (χ3v) is 3.00. The zero-order valence-electron chi connectivity index (χ0n) is 10.0. The second kappa shape index (κ2) is 4.51. The van der Waals surface area contributed by atoms with Crippen LogP contribution in [0.2, 0.25) is 0 Å². The van der Waals surface area contributed by atoms with Gasteiger partial charge in [-0.3, -0.25) is 0 Å². The number of halogens is 2. The average Bonchev–Trinajstić information content (AvgIpc) is 2.88. The molecule has 1 unspecified atom stereocenters. The molecule has 1 aromatic rings. The lowest BCUT2D eigenvalue weighted by Crippen LogP contribution is -2.03. The first-order chi connectivity index (χ1) is 8.03. The van der Waals surface area contributed by atoms with Crippen LogP contribution in [0.15, 0.2) is 18.2 Å². The maximum atomic E-state index is 12.6. The topological polar surface area (TPSA) is 18.5 Å². The third-order valence-electron chi connectivity index (χ3n) is 3.00. The summed E-state index contributed by atoms with van der Waals surface area (Å²) in [5.74, 6) is -1.70. The summed E-state index contributed by atoms with van der Waals surface area (Å²) in [4.78, 5) is 0. The molecule has 1 aliphatic carbocycles. The van der Waals surface area contributed by atoms with Gasteiger partial charge in [0.2, 0.25) is 0 Å². The Labute approximate surface area is 99.5 Å². The van der Waals surface area contributed by atoms with Crippen LogP contribution >= 0.6 is 0 Å². The van der Waals surface area contributed by atoms with Crippen molar-refractivity contribution >= 4 is 0 Å². The molecule has 0 aromatic heterocycles. The third kappa shape index (κ3) is 2.87. The van der Waals surface area contributed by atoms with Crippen LogP contribution in [0.4, 0.5) is 8.78 Å². The number of hydrogen-bond acceptors (Lipinski definition) is 2. The number of alkyl halides is 2. The SMILES string of the molecule is COc1cc(C)ccc1OCCC1CC1(F)F. The van der Waals surface area contributed by atoms with E-state index in [9.17, 15) is 8.78 Å². The number of benzene rings is 1. The molecule has 0 heterocycles. The van der Waals surface area contributed by atoms with Crippen LogP contribution in [0.3, 0.4) is 0 Å². The van der Waals surface area contributed by atoms with Crippen molar-refractivity contribution in [2.45, 2.75) is 25.7 Å². The molecule has 0 amide bonds. The van der Waals surface area contributed by atoms with Crippen molar-refractivity contribution in [3.05, 3.63) is 23.8 Å². The summed E-state index contributed by atoms with van der Waals surface area (Å²) >= 11 is 0. The second-order valence-corrected chi connectivity index (χ2v) is 4.45. The lowest BCUT2D eigenvalue weighted by Gasteiger charge is -2.11. The van der Waals surface area contributed by atoms with Gasteiger partial charge in [-0.2, -0.15) is 0 Å². The van der Waals surface area contributed by atoms with E-state index in [0.29, 0.717) is 24.5 Å². The lowest BCUT2D eigenvalue weighted by atomic mass is 10.2. The van der Waals surface area contributed by atoms with Gasteiger partial charge in [0.05, 0.1) is 13.7 Å². The highest BCUT2D eigenvalue weighted by Gasteiger charge is 2.56. The molecular weight excluding hydrogens is 226 g/mol. The van der Waals surface area contributed by atoms with E-state index in [2.05, 4.69) is 0 Å². The lowest BCUT2D eigenvalue weighted by molar-refractivity contribution is 0.0929. The molecule has 1 saturated carbocycles. The molecule has 94 valence electrons. The highest BCUT2D eigenvalue weighted by atomic mass is 19.3. The first-order valence-corrected chi connectivity index (χ1v) is 5.68. The molecule has 0 bridgehead atoms. The largest absolute Gasteiger partial charge is 0.493 e. The van der Waals surface area contributed by atoms with Crippen molar-refractivity contribution < 1.29 is 18.3 Å². The summed E-state index contributed by atoms with van der Waals surface area (Å²) in [5.41, 5.74) is 1.07. The molecule has 0 aliphatic heterocycles. The molecule has 1 fully saturated rings. The molecular formula is C13H16F2O2. The van der Waals surface area contributed by atoms with Crippen LogP contribution in [-0.4, -0.2) is 19.6 Å². The van der Waals surface area contributed by atoms with Crippen LogP contribution < -0.4 is 9.47 Å². The van der Waals surface area contributed by atoms with Gasteiger partial charge < -0.3 is 9.47 Å². The standard InChI is InChI=1S/C13H16F2O2/c1-9-3-4-11(12(7-9)16-2)17-6-5-10-8-13(10,14)15/h3-4,7,10H,5-6,8H2,1-2H3. The van der Waals surface area contributed by atoms with Crippen LogP contribution in [0.1, 0.15) is 18.4 Å². The number of hydrogen-bond donors (Lipinski definition) is 0. The fourth-order valence-electron chi connectivity index (χ4n) is 1.79. The van der Waals surface area contributed by atoms with Crippen molar-refractivity contribution in [1.29, 1.82) is 0 Å². The fraction of sp³-hybridized carbons (Fsp3) is 0.538. The van der Waals surface area contributed by atoms with E-state index in [1.54, 1.807) is 13.2 Å². The van der Waals surface area contributed by atoms with Crippen molar-refractivity contribution in [2.75, 3.05) is 13.7 Å². The number of ether oxygens (including phenoxy) is 2. The molecule has 0 radical (unpaired) electrons. The van der Waals surface area contributed by atoms with E-state index in [1.807, 2.05) is 19.1 Å². The van der Waals surface area contributed by atoms with Gasteiger partial charge in [0.15, 0.2) is 11.5 Å². The second-order valence-electron chi connectivity index (χ2n) is 4.45. The van der Waals surface area contributed by atoms with E-state index >= 15 is 0 Å². The Balaban J connectivity index is 1.86. The van der Waals surface area contributed by atoms with E-state index < -0.39 is 11.8 Å². The Bertz CT molecular complexity index is 404. The Morgan fingerprint density at radius 1 is 1.35 bits per heavy atom. The first kappa shape index (κ1) is 12.1. The quantitative estimate of drug-likeness (QED) is 0.787. The molecule has 0 saturated heterocycles. The van der Waals surface area contributed by atoms with E-state index in [4.69, 9.17) is 9.47 Å². The summed E-state index contributed by atoms with van der Waals surface area (Å²) in [5, 5.41) is 0. The van der Waals surface area contributed by atoms with Gasteiger partial charge in [-0.15, -0.1) is 0 Å². The van der Waals surface area contributed by atoms with Crippen LogP contribution in [0.5, 0.6) is 11.5 Å². The Hall–Kier alpha value is -1.32. The predicted octanol–water partition coefficient (Wildman–Crippen LogP) is 3.43. The summed E-state index contributed by atoms with van der Waals surface area (Å²) < 4.78 is 35.9. The normalized spacial score (nSPS) is 21.1. The molecule has 0 N–H and O–H groups in total. The van der Waals surface area contributed by atoms with E-state index in [-0.39, 0.29) is 6.42 Å². The predicted molar refractivity (Wildman–Crippen MR) is 60.9 cm³/mol.